The largest absolute Gasteiger partial charge is 0.113 e. The van der Waals surface area contributed by atoms with Crippen LogP contribution in [-0.4, -0.2) is 7.85 Å². The van der Waals surface area contributed by atoms with Crippen LogP contribution in [0.2, 0.25) is 0 Å². The summed E-state index contributed by atoms with van der Waals surface area (Å²) in [7, 11) is 5.95. The molecule has 0 spiro atoms. The van der Waals surface area contributed by atoms with E-state index in [-0.39, 0.29) is 0 Å². The minimum atomic E-state index is 0.338. The van der Waals surface area contributed by atoms with Crippen molar-refractivity contribution in [2.75, 3.05) is 0 Å². The fourth-order valence-corrected chi connectivity index (χ4v) is 3.59. The lowest BCUT2D eigenvalue weighted by molar-refractivity contribution is 0.218. The molecule has 0 aromatic heterocycles. The molecule has 1 heteroatoms. The van der Waals surface area contributed by atoms with Crippen LogP contribution in [0.5, 0.6) is 0 Å². The zero-order valence-electron chi connectivity index (χ0n) is 12.9. The highest BCUT2D eigenvalue weighted by Gasteiger charge is 2.43. The molecule has 1 aliphatic carbocycles. The highest BCUT2D eigenvalue weighted by atomic mass is 14.5. The average Bonchev–Trinajstić information content (AvgIpc) is 2.71. The first kappa shape index (κ1) is 15.3. The van der Waals surface area contributed by atoms with Crippen LogP contribution in [0.15, 0.2) is 18.2 Å². The molecule has 0 aliphatic heterocycles. The van der Waals surface area contributed by atoms with Crippen LogP contribution >= 0.6 is 0 Å². The van der Waals surface area contributed by atoms with Gasteiger partial charge in [0.15, 0.2) is 0 Å². The number of hydrogen-bond donors (Lipinski definition) is 0. The zero-order valence-corrected chi connectivity index (χ0v) is 12.9. The molecule has 1 aliphatic rings. The molecular weight excluding hydrogens is 215 g/mol. The molecule has 0 heterocycles. The second-order valence-electron chi connectivity index (χ2n) is 5.77. The third-order valence-electron chi connectivity index (χ3n) is 4.50. The van der Waals surface area contributed by atoms with E-state index in [4.69, 9.17) is 7.85 Å². The Bertz CT molecular complexity index is 383. The highest BCUT2D eigenvalue weighted by molar-refractivity contribution is 6.32. The van der Waals surface area contributed by atoms with Crippen molar-refractivity contribution < 1.29 is 0 Å². The van der Waals surface area contributed by atoms with E-state index in [2.05, 4.69) is 39.8 Å². The molecule has 0 bridgehead atoms. The number of rotatable bonds is 2. The molecule has 0 saturated heterocycles. The van der Waals surface area contributed by atoms with E-state index in [1.807, 2.05) is 19.9 Å². The van der Waals surface area contributed by atoms with Crippen molar-refractivity contribution in [3.8, 4) is 0 Å². The molecule has 2 rings (SSSR count). The van der Waals surface area contributed by atoms with Crippen LogP contribution in [-0.2, 0) is 11.8 Å². The van der Waals surface area contributed by atoms with Crippen molar-refractivity contribution in [3.05, 3.63) is 29.3 Å². The predicted octanol–water partition coefficient (Wildman–Crippen LogP) is 4.00. The molecule has 0 amide bonds. The van der Waals surface area contributed by atoms with Gasteiger partial charge in [0.2, 0.25) is 0 Å². The van der Waals surface area contributed by atoms with E-state index >= 15 is 0 Å². The van der Waals surface area contributed by atoms with Gasteiger partial charge < -0.3 is 0 Å². The van der Waals surface area contributed by atoms with Crippen LogP contribution in [0.1, 0.15) is 59.1 Å². The number of benzene rings is 1. The van der Waals surface area contributed by atoms with Gasteiger partial charge in [0.05, 0.1) is 0 Å². The molecule has 0 fully saturated rings. The monoisotopic (exact) mass is 242 g/mol. The predicted molar refractivity (Wildman–Crippen MR) is 82.9 cm³/mol. The van der Waals surface area contributed by atoms with Crippen molar-refractivity contribution in [1.29, 1.82) is 0 Å². The van der Waals surface area contributed by atoms with Crippen molar-refractivity contribution in [1.82, 2.24) is 0 Å². The van der Waals surface area contributed by atoms with E-state index in [0.717, 1.165) is 5.46 Å². The van der Waals surface area contributed by atoms with Crippen molar-refractivity contribution in [2.24, 2.45) is 11.8 Å². The van der Waals surface area contributed by atoms with Gasteiger partial charge in [0, 0.05) is 5.41 Å². The number of hydrogen-bond acceptors (Lipinski definition) is 0. The quantitative estimate of drug-likeness (QED) is 0.687. The smallest absolute Gasteiger partial charge is 0.0964 e. The Kier molecular flexibility index (Phi) is 5.07. The minimum absolute atomic E-state index is 0.338. The maximum Gasteiger partial charge on any atom is 0.113 e. The van der Waals surface area contributed by atoms with Gasteiger partial charge in [-0.2, -0.15) is 0 Å². The SMILES string of the molecule is CC.[B]c1ccc2c(c1)C(C(C)C)(C(C)C)CC2. The second-order valence-corrected chi connectivity index (χ2v) is 5.77. The molecular formula is C17H27B. The molecule has 1 aromatic carbocycles. The molecule has 0 N–H and O–H groups in total. The Hall–Kier alpha value is -0.715. The second kappa shape index (κ2) is 5.95. The Morgan fingerprint density at radius 3 is 2.11 bits per heavy atom. The van der Waals surface area contributed by atoms with Crippen LogP contribution in [0.3, 0.4) is 0 Å². The Labute approximate surface area is 115 Å². The normalized spacial score (nSPS) is 16.4. The van der Waals surface area contributed by atoms with Crippen LogP contribution in [0.4, 0.5) is 0 Å². The lowest BCUT2D eigenvalue weighted by Gasteiger charge is -2.39. The van der Waals surface area contributed by atoms with Crippen LogP contribution in [0.25, 0.3) is 0 Å². The number of fused-ring (bicyclic) bond motifs is 1. The topological polar surface area (TPSA) is 0 Å². The molecule has 0 saturated carbocycles. The average molecular weight is 242 g/mol. The van der Waals surface area contributed by atoms with E-state index in [1.165, 1.54) is 24.0 Å². The molecule has 18 heavy (non-hydrogen) atoms. The molecule has 0 atom stereocenters. The summed E-state index contributed by atoms with van der Waals surface area (Å²) in [6.07, 6.45) is 2.49. The van der Waals surface area contributed by atoms with E-state index in [9.17, 15) is 0 Å². The Morgan fingerprint density at radius 2 is 1.61 bits per heavy atom. The summed E-state index contributed by atoms with van der Waals surface area (Å²) in [5, 5.41) is 0. The summed E-state index contributed by atoms with van der Waals surface area (Å²) in [6, 6.07) is 6.47. The van der Waals surface area contributed by atoms with E-state index < -0.39 is 0 Å². The first-order valence-corrected chi connectivity index (χ1v) is 7.37. The molecule has 0 nitrogen and oxygen atoms in total. The maximum atomic E-state index is 5.95. The standard InChI is InChI=1S/C15H21B.C2H6/c1-10(2)15(11(3)4)8-7-12-5-6-13(16)9-14(12)15;1-2/h5-6,9-11H,7-8H2,1-4H3;1-2H3. The summed E-state index contributed by atoms with van der Waals surface area (Å²) in [5.74, 6) is 1.35. The fraction of sp³-hybridized carbons (Fsp3) is 0.647. The summed E-state index contributed by atoms with van der Waals surface area (Å²) >= 11 is 0. The maximum absolute atomic E-state index is 5.95. The van der Waals surface area contributed by atoms with Gasteiger partial charge >= 0.3 is 0 Å². The van der Waals surface area contributed by atoms with Crippen molar-refractivity contribution >= 4 is 13.3 Å². The zero-order chi connectivity index (χ0) is 13.9. The lowest BCUT2D eigenvalue weighted by atomic mass is 9.65. The first-order valence-electron chi connectivity index (χ1n) is 7.37. The third kappa shape index (κ3) is 2.37. The summed E-state index contributed by atoms with van der Waals surface area (Å²) in [4.78, 5) is 0. The minimum Gasteiger partial charge on any atom is -0.0964 e. The summed E-state index contributed by atoms with van der Waals surface area (Å²) in [5.41, 5.74) is 4.27. The molecule has 0 unspecified atom stereocenters. The van der Waals surface area contributed by atoms with Crippen molar-refractivity contribution in [2.45, 2.75) is 59.8 Å². The fourth-order valence-electron chi connectivity index (χ4n) is 3.59. The number of aryl methyl sites for hydroxylation is 1. The first-order chi connectivity index (χ1) is 8.48. The van der Waals surface area contributed by atoms with Gasteiger partial charge in [-0.1, -0.05) is 65.2 Å². The van der Waals surface area contributed by atoms with Gasteiger partial charge in [-0.05, 0) is 35.8 Å². The van der Waals surface area contributed by atoms with Crippen LogP contribution < -0.4 is 5.46 Å². The molecule has 2 radical (unpaired) electrons. The van der Waals surface area contributed by atoms with Gasteiger partial charge in [0.1, 0.15) is 7.85 Å². The lowest BCUT2D eigenvalue weighted by Crippen LogP contribution is -2.36. The van der Waals surface area contributed by atoms with Gasteiger partial charge in [-0.25, -0.2) is 0 Å². The summed E-state index contributed by atoms with van der Waals surface area (Å²) in [6.45, 7) is 13.4. The highest BCUT2D eigenvalue weighted by Crippen LogP contribution is 2.48. The van der Waals surface area contributed by atoms with Gasteiger partial charge in [-0.3, -0.25) is 0 Å². The molecule has 98 valence electrons. The van der Waals surface area contributed by atoms with Crippen LogP contribution in [0, 0.1) is 11.8 Å². The van der Waals surface area contributed by atoms with Gasteiger partial charge in [0.25, 0.3) is 0 Å². The Morgan fingerprint density at radius 1 is 1.06 bits per heavy atom. The Balaban J connectivity index is 0.000000771. The van der Waals surface area contributed by atoms with E-state index in [0.29, 0.717) is 17.3 Å². The van der Waals surface area contributed by atoms with Crippen molar-refractivity contribution in [3.63, 3.8) is 0 Å². The van der Waals surface area contributed by atoms with Gasteiger partial charge in [-0.15, -0.1) is 0 Å². The third-order valence-corrected chi connectivity index (χ3v) is 4.50. The summed E-state index contributed by atoms with van der Waals surface area (Å²) < 4.78 is 0. The van der Waals surface area contributed by atoms with E-state index in [1.54, 1.807) is 0 Å². The molecule has 1 aromatic rings.